The predicted molar refractivity (Wildman–Crippen MR) is 55.2 cm³/mol. The first kappa shape index (κ1) is 9.90. The van der Waals surface area contributed by atoms with Crippen molar-refractivity contribution in [3.8, 4) is 0 Å². The van der Waals surface area contributed by atoms with Crippen molar-refractivity contribution in [3.63, 3.8) is 0 Å². The van der Waals surface area contributed by atoms with Crippen molar-refractivity contribution < 1.29 is 4.74 Å². The van der Waals surface area contributed by atoms with Gasteiger partial charge >= 0.3 is 0 Å². The maximum atomic E-state index is 5.10. The smallest absolute Gasteiger partial charge is 0.114 e. The Morgan fingerprint density at radius 3 is 3.00 bits per heavy atom. The predicted octanol–water partition coefficient (Wildman–Crippen LogP) is 2.22. The van der Waals surface area contributed by atoms with Gasteiger partial charge in [0.25, 0.3) is 0 Å². The van der Waals surface area contributed by atoms with Crippen LogP contribution in [0.2, 0.25) is 0 Å². The largest absolute Gasteiger partial charge is 0.497 e. The Labute approximate surface area is 80.0 Å². The van der Waals surface area contributed by atoms with E-state index in [0.717, 1.165) is 24.4 Å². The van der Waals surface area contributed by atoms with E-state index in [9.17, 15) is 0 Å². The second kappa shape index (κ2) is 4.75. The average molecular weight is 179 g/mol. The van der Waals surface area contributed by atoms with Crippen LogP contribution in [0.1, 0.15) is 13.3 Å². The van der Waals surface area contributed by atoms with E-state index in [1.165, 1.54) is 0 Å². The Hall–Kier alpha value is -1.18. The Balaban J connectivity index is 2.31. The van der Waals surface area contributed by atoms with Crippen LogP contribution in [-0.2, 0) is 4.74 Å². The molecule has 0 aromatic rings. The molecular weight excluding hydrogens is 162 g/mol. The number of hydrogen-bond donors (Lipinski definition) is 1. The Bertz CT molecular complexity index is 240. The van der Waals surface area contributed by atoms with Gasteiger partial charge in [0.1, 0.15) is 5.76 Å². The molecule has 2 heteroatoms. The molecule has 1 aliphatic rings. The van der Waals surface area contributed by atoms with Crippen LogP contribution in [0.25, 0.3) is 0 Å². The lowest BCUT2D eigenvalue weighted by molar-refractivity contribution is 0.301. The molecule has 2 nitrogen and oxygen atoms in total. The highest BCUT2D eigenvalue weighted by Crippen LogP contribution is 2.15. The lowest BCUT2D eigenvalue weighted by atomic mass is 10.00. The minimum Gasteiger partial charge on any atom is -0.497 e. The summed E-state index contributed by atoms with van der Waals surface area (Å²) in [5.41, 5.74) is 1.02. The summed E-state index contributed by atoms with van der Waals surface area (Å²) in [5.74, 6) is 1.53. The van der Waals surface area contributed by atoms with Crippen LogP contribution >= 0.6 is 0 Å². The van der Waals surface area contributed by atoms with Gasteiger partial charge in [-0.3, -0.25) is 0 Å². The number of rotatable bonds is 4. The topological polar surface area (TPSA) is 21.3 Å². The zero-order valence-corrected chi connectivity index (χ0v) is 8.34. The van der Waals surface area contributed by atoms with Crippen molar-refractivity contribution in [3.05, 3.63) is 36.3 Å². The van der Waals surface area contributed by atoms with E-state index in [2.05, 4.69) is 24.0 Å². The molecule has 1 rings (SSSR count). The molecule has 0 fully saturated rings. The molecule has 0 aromatic carbocycles. The lowest BCUT2D eigenvalue weighted by Gasteiger charge is -2.16. The molecule has 0 aromatic heterocycles. The fraction of sp³-hybridized carbons (Fsp3) is 0.455. The summed E-state index contributed by atoms with van der Waals surface area (Å²) in [6.45, 7) is 6.73. The summed E-state index contributed by atoms with van der Waals surface area (Å²) < 4.78 is 5.10. The van der Waals surface area contributed by atoms with Crippen molar-refractivity contribution in [1.82, 2.24) is 5.32 Å². The standard InChI is InChI=1S/C11H17NO/c1-9(2)12-8-10-4-6-11(13-3)7-5-10/h4,6-7,10,12H,1,5,8H2,2-3H3. The van der Waals surface area contributed by atoms with Gasteiger partial charge in [0.15, 0.2) is 0 Å². The second-order valence-electron chi connectivity index (χ2n) is 3.33. The summed E-state index contributed by atoms with van der Waals surface area (Å²) in [5, 5.41) is 3.23. The molecule has 0 heterocycles. The fourth-order valence-electron chi connectivity index (χ4n) is 1.25. The van der Waals surface area contributed by atoms with Gasteiger partial charge in [-0.15, -0.1) is 0 Å². The Morgan fingerprint density at radius 2 is 2.54 bits per heavy atom. The van der Waals surface area contributed by atoms with E-state index in [4.69, 9.17) is 4.74 Å². The number of hydrogen-bond acceptors (Lipinski definition) is 2. The van der Waals surface area contributed by atoms with E-state index in [-0.39, 0.29) is 0 Å². The van der Waals surface area contributed by atoms with E-state index in [0.29, 0.717) is 5.92 Å². The molecular formula is C11H17NO. The van der Waals surface area contributed by atoms with Crippen LogP contribution in [0.15, 0.2) is 36.3 Å². The highest BCUT2D eigenvalue weighted by molar-refractivity contribution is 5.18. The van der Waals surface area contributed by atoms with Gasteiger partial charge in [-0.2, -0.15) is 0 Å². The first-order chi connectivity index (χ1) is 6.22. The Morgan fingerprint density at radius 1 is 1.77 bits per heavy atom. The number of methoxy groups -OCH3 is 1. The zero-order valence-electron chi connectivity index (χ0n) is 8.34. The summed E-state index contributed by atoms with van der Waals surface area (Å²) in [6.07, 6.45) is 7.35. The number of ether oxygens (including phenoxy) is 1. The third kappa shape index (κ3) is 3.36. The molecule has 13 heavy (non-hydrogen) atoms. The first-order valence-corrected chi connectivity index (χ1v) is 4.54. The molecule has 0 spiro atoms. The maximum Gasteiger partial charge on any atom is 0.114 e. The molecule has 0 saturated carbocycles. The number of nitrogens with one attached hydrogen (secondary N) is 1. The van der Waals surface area contributed by atoms with Gasteiger partial charge < -0.3 is 10.1 Å². The normalized spacial score (nSPS) is 20.8. The molecule has 0 aliphatic heterocycles. The van der Waals surface area contributed by atoms with Crippen LogP contribution in [0.4, 0.5) is 0 Å². The average Bonchev–Trinajstić information content (AvgIpc) is 2.15. The van der Waals surface area contributed by atoms with Crippen LogP contribution in [-0.4, -0.2) is 13.7 Å². The van der Waals surface area contributed by atoms with Crippen LogP contribution in [0.5, 0.6) is 0 Å². The van der Waals surface area contributed by atoms with Crippen LogP contribution in [0.3, 0.4) is 0 Å². The summed E-state index contributed by atoms with van der Waals surface area (Å²) >= 11 is 0. The molecule has 1 N–H and O–H groups in total. The maximum absolute atomic E-state index is 5.10. The SMILES string of the molecule is C=C(C)NCC1C=CC(OC)=CC1. The monoisotopic (exact) mass is 179 g/mol. The van der Waals surface area contributed by atoms with Crippen molar-refractivity contribution in [2.45, 2.75) is 13.3 Å². The zero-order chi connectivity index (χ0) is 9.68. The quantitative estimate of drug-likeness (QED) is 0.714. The van der Waals surface area contributed by atoms with Gasteiger partial charge in [-0.05, 0) is 31.4 Å². The van der Waals surface area contributed by atoms with Gasteiger partial charge in [0.2, 0.25) is 0 Å². The van der Waals surface area contributed by atoms with Crippen molar-refractivity contribution in [2.24, 2.45) is 5.92 Å². The van der Waals surface area contributed by atoms with Gasteiger partial charge in [0, 0.05) is 12.2 Å². The van der Waals surface area contributed by atoms with E-state index < -0.39 is 0 Å². The van der Waals surface area contributed by atoms with E-state index in [1.807, 2.05) is 13.0 Å². The number of allylic oxidation sites excluding steroid dienone is 3. The molecule has 72 valence electrons. The minimum absolute atomic E-state index is 0.565. The third-order valence-corrected chi connectivity index (χ3v) is 2.06. The molecule has 0 bridgehead atoms. The molecule has 0 amide bonds. The lowest BCUT2D eigenvalue weighted by Crippen LogP contribution is -2.20. The molecule has 0 radical (unpaired) electrons. The van der Waals surface area contributed by atoms with Gasteiger partial charge in [-0.25, -0.2) is 0 Å². The van der Waals surface area contributed by atoms with Crippen molar-refractivity contribution >= 4 is 0 Å². The van der Waals surface area contributed by atoms with E-state index in [1.54, 1.807) is 7.11 Å². The first-order valence-electron chi connectivity index (χ1n) is 4.54. The molecule has 1 aliphatic carbocycles. The molecule has 1 atom stereocenters. The fourth-order valence-corrected chi connectivity index (χ4v) is 1.25. The van der Waals surface area contributed by atoms with Gasteiger partial charge in [-0.1, -0.05) is 12.7 Å². The minimum atomic E-state index is 0.565. The van der Waals surface area contributed by atoms with Crippen molar-refractivity contribution in [2.75, 3.05) is 13.7 Å². The molecule has 0 saturated heterocycles. The second-order valence-corrected chi connectivity index (χ2v) is 3.33. The highest BCUT2D eigenvalue weighted by atomic mass is 16.5. The molecule has 1 unspecified atom stereocenters. The van der Waals surface area contributed by atoms with Crippen LogP contribution in [0, 0.1) is 5.92 Å². The van der Waals surface area contributed by atoms with E-state index >= 15 is 0 Å². The van der Waals surface area contributed by atoms with Gasteiger partial charge in [0.05, 0.1) is 7.11 Å². The summed E-state index contributed by atoms with van der Waals surface area (Å²) in [4.78, 5) is 0. The summed E-state index contributed by atoms with van der Waals surface area (Å²) in [7, 11) is 1.70. The summed E-state index contributed by atoms with van der Waals surface area (Å²) in [6, 6.07) is 0. The third-order valence-electron chi connectivity index (χ3n) is 2.06. The van der Waals surface area contributed by atoms with Crippen molar-refractivity contribution in [1.29, 1.82) is 0 Å². The highest BCUT2D eigenvalue weighted by Gasteiger charge is 2.07. The Kier molecular flexibility index (Phi) is 3.62. The van der Waals surface area contributed by atoms with Crippen LogP contribution < -0.4 is 5.32 Å².